The minimum absolute atomic E-state index is 0.164. The van der Waals surface area contributed by atoms with Crippen LogP contribution in [0.3, 0.4) is 0 Å². The maximum absolute atomic E-state index is 12.4. The second-order valence-corrected chi connectivity index (χ2v) is 5.08. The van der Waals surface area contributed by atoms with Gasteiger partial charge in [0.15, 0.2) is 0 Å². The Bertz CT molecular complexity index is 823. The highest BCUT2D eigenvalue weighted by atomic mass is 16.5. The molecule has 2 aromatic heterocycles. The number of hydrogen-bond acceptors (Lipinski definition) is 9. The van der Waals surface area contributed by atoms with Gasteiger partial charge in [-0.05, 0) is 12.1 Å². The molecule has 2 rings (SSSR count). The van der Waals surface area contributed by atoms with E-state index in [-0.39, 0.29) is 17.9 Å². The van der Waals surface area contributed by atoms with Crippen LogP contribution in [0, 0.1) is 0 Å². The van der Waals surface area contributed by atoms with E-state index in [1.165, 1.54) is 6.26 Å². The van der Waals surface area contributed by atoms with Crippen LogP contribution in [0.2, 0.25) is 0 Å². The summed E-state index contributed by atoms with van der Waals surface area (Å²) in [6, 6.07) is 3.18. The van der Waals surface area contributed by atoms with Gasteiger partial charge in [-0.3, -0.25) is 0 Å². The molecule has 0 spiro atoms. The number of ether oxygens (including phenoxy) is 4. The third-order valence-electron chi connectivity index (χ3n) is 3.69. The molecule has 10 nitrogen and oxygen atoms in total. The van der Waals surface area contributed by atoms with Crippen molar-refractivity contribution in [1.29, 1.82) is 0 Å². The summed E-state index contributed by atoms with van der Waals surface area (Å²) in [5, 5.41) is 0. The summed E-state index contributed by atoms with van der Waals surface area (Å²) in [5.74, 6) is -3.66. The lowest BCUT2D eigenvalue weighted by Crippen LogP contribution is -2.19. The van der Waals surface area contributed by atoms with Crippen LogP contribution in [0.5, 0.6) is 0 Å². The molecule has 0 aliphatic heterocycles. The van der Waals surface area contributed by atoms with E-state index in [0.29, 0.717) is 5.76 Å². The number of hydrogen-bond donors (Lipinski definition) is 0. The van der Waals surface area contributed by atoms with Gasteiger partial charge in [0.1, 0.15) is 28.3 Å². The summed E-state index contributed by atoms with van der Waals surface area (Å²) in [7, 11) is 4.30. The van der Waals surface area contributed by atoms with Crippen molar-refractivity contribution in [2.75, 3.05) is 28.4 Å². The summed E-state index contributed by atoms with van der Waals surface area (Å²) in [4.78, 5) is 49.5. The molecule has 0 aliphatic rings. The quantitative estimate of drug-likeness (QED) is 0.539. The van der Waals surface area contributed by atoms with Gasteiger partial charge in [0.05, 0.1) is 41.2 Å². The Morgan fingerprint density at radius 2 is 1.26 bits per heavy atom. The number of carbonyl (C=O) groups excluding carboxylic acids is 4. The molecule has 0 aromatic carbocycles. The molecule has 0 bridgehead atoms. The molecule has 2 heterocycles. The number of rotatable bonds is 6. The standard InChI is InChI=1S/C17H17NO9/c1-23-14(19)10-11(15(20)24-2)13(17(22)26-4)18(12(10)16(21)25-3)8-9-6-5-7-27-9/h5-7H,8H2,1-4H3. The molecule has 10 heteroatoms. The topological polar surface area (TPSA) is 123 Å². The first-order chi connectivity index (χ1) is 12.9. The van der Waals surface area contributed by atoms with Gasteiger partial charge in [-0.15, -0.1) is 0 Å². The molecule has 0 fully saturated rings. The number of furan rings is 1. The zero-order valence-corrected chi connectivity index (χ0v) is 15.1. The summed E-state index contributed by atoms with van der Waals surface area (Å²) >= 11 is 0. The van der Waals surface area contributed by atoms with Crippen molar-refractivity contribution in [2.45, 2.75) is 6.54 Å². The normalized spacial score (nSPS) is 10.2. The Balaban J connectivity index is 2.94. The average molecular weight is 379 g/mol. The van der Waals surface area contributed by atoms with E-state index in [2.05, 4.69) is 9.47 Å². The van der Waals surface area contributed by atoms with Crippen molar-refractivity contribution >= 4 is 23.9 Å². The van der Waals surface area contributed by atoms with E-state index in [1.54, 1.807) is 12.1 Å². The molecule has 144 valence electrons. The van der Waals surface area contributed by atoms with E-state index >= 15 is 0 Å². The lowest BCUT2D eigenvalue weighted by molar-refractivity contribution is 0.0530. The maximum Gasteiger partial charge on any atom is 0.355 e. The number of methoxy groups -OCH3 is 4. The molecule has 0 saturated carbocycles. The van der Waals surface area contributed by atoms with Gasteiger partial charge in [-0.1, -0.05) is 0 Å². The van der Waals surface area contributed by atoms with Gasteiger partial charge in [-0.2, -0.15) is 0 Å². The zero-order chi connectivity index (χ0) is 20.1. The molecule has 2 aromatic rings. The van der Waals surface area contributed by atoms with Crippen molar-refractivity contribution < 1.29 is 42.5 Å². The first kappa shape index (κ1) is 19.8. The molecule has 0 unspecified atom stereocenters. The predicted molar refractivity (Wildman–Crippen MR) is 87.6 cm³/mol. The largest absolute Gasteiger partial charge is 0.467 e. The lowest BCUT2D eigenvalue weighted by atomic mass is 10.1. The van der Waals surface area contributed by atoms with Gasteiger partial charge in [0.2, 0.25) is 0 Å². The maximum atomic E-state index is 12.4. The molecule has 27 heavy (non-hydrogen) atoms. The van der Waals surface area contributed by atoms with Crippen molar-refractivity contribution in [3.8, 4) is 0 Å². The predicted octanol–water partition coefficient (Wildman–Crippen LogP) is 1.28. The zero-order valence-electron chi connectivity index (χ0n) is 15.1. The van der Waals surface area contributed by atoms with E-state index in [9.17, 15) is 19.2 Å². The fourth-order valence-corrected chi connectivity index (χ4v) is 2.55. The van der Waals surface area contributed by atoms with Crippen LogP contribution in [0.4, 0.5) is 0 Å². The molecular weight excluding hydrogens is 362 g/mol. The van der Waals surface area contributed by atoms with Crippen molar-refractivity contribution in [3.63, 3.8) is 0 Å². The smallest absolute Gasteiger partial charge is 0.355 e. The van der Waals surface area contributed by atoms with Gasteiger partial charge in [0, 0.05) is 0 Å². The third-order valence-corrected chi connectivity index (χ3v) is 3.69. The van der Waals surface area contributed by atoms with Crippen molar-refractivity contribution in [2.24, 2.45) is 0 Å². The van der Waals surface area contributed by atoms with Gasteiger partial charge < -0.3 is 27.9 Å². The Morgan fingerprint density at radius 1 is 0.815 bits per heavy atom. The minimum Gasteiger partial charge on any atom is -0.467 e. The summed E-state index contributed by atoms with van der Waals surface area (Å²) in [5.41, 5.74) is -1.69. The van der Waals surface area contributed by atoms with Crippen LogP contribution in [0.15, 0.2) is 22.8 Å². The number of aromatic nitrogens is 1. The van der Waals surface area contributed by atoms with Crippen LogP contribution in [0.25, 0.3) is 0 Å². The number of nitrogens with zero attached hydrogens (tertiary/aromatic N) is 1. The van der Waals surface area contributed by atoms with Crippen LogP contribution in [0.1, 0.15) is 47.5 Å². The average Bonchev–Trinajstić information content (AvgIpc) is 3.31. The second kappa shape index (κ2) is 8.21. The highest BCUT2D eigenvalue weighted by Gasteiger charge is 2.39. The van der Waals surface area contributed by atoms with Gasteiger partial charge in [0.25, 0.3) is 0 Å². The van der Waals surface area contributed by atoms with Crippen LogP contribution in [-0.2, 0) is 25.5 Å². The molecule has 0 atom stereocenters. The second-order valence-electron chi connectivity index (χ2n) is 5.08. The highest BCUT2D eigenvalue weighted by molar-refractivity contribution is 6.15. The van der Waals surface area contributed by atoms with Crippen LogP contribution >= 0.6 is 0 Å². The first-order valence-corrected chi connectivity index (χ1v) is 7.53. The fourth-order valence-electron chi connectivity index (χ4n) is 2.55. The summed E-state index contributed by atoms with van der Waals surface area (Å²) in [6.45, 7) is -0.164. The van der Waals surface area contributed by atoms with Gasteiger partial charge >= 0.3 is 23.9 Å². The van der Waals surface area contributed by atoms with Crippen LogP contribution < -0.4 is 0 Å². The third kappa shape index (κ3) is 3.54. The molecule has 0 radical (unpaired) electrons. The Hall–Kier alpha value is -3.56. The molecule has 0 N–H and O–H groups in total. The van der Waals surface area contributed by atoms with E-state index < -0.39 is 35.0 Å². The first-order valence-electron chi connectivity index (χ1n) is 7.53. The summed E-state index contributed by atoms with van der Waals surface area (Å²) < 4.78 is 25.1. The lowest BCUT2D eigenvalue weighted by Gasteiger charge is -2.10. The Morgan fingerprint density at radius 3 is 1.59 bits per heavy atom. The highest BCUT2D eigenvalue weighted by Crippen LogP contribution is 2.28. The number of esters is 4. The van der Waals surface area contributed by atoms with Crippen molar-refractivity contribution in [3.05, 3.63) is 46.7 Å². The Labute approximate surface area is 153 Å². The summed E-state index contributed by atoms with van der Waals surface area (Å²) in [6.07, 6.45) is 1.39. The van der Waals surface area contributed by atoms with Crippen LogP contribution in [-0.4, -0.2) is 56.9 Å². The van der Waals surface area contributed by atoms with E-state index in [4.69, 9.17) is 13.9 Å². The molecule has 0 aliphatic carbocycles. The SMILES string of the molecule is COC(=O)c1c(C(=O)OC)c(C(=O)OC)n(Cc2ccco2)c1C(=O)OC. The number of carbonyl (C=O) groups is 4. The monoisotopic (exact) mass is 379 g/mol. The Kier molecular flexibility index (Phi) is 6.01. The molecule has 0 amide bonds. The van der Waals surface area contributed by atoms with E-state index in [1.807, 2.05) is 0 Å². The fraction of sp³-hybridized carbons (Fsp3) is 0.294. The molecular formula is C17H17NO9. The van der Waals surface area contributed by atoms with Crippen molar-refractivity contribution in [1.82, 2.24) is 4.57 Å². The molecule has 0 saturated heterocycles. The van der Waals surface area contributed by atoms with Gasteiger partial charge in [-0.25, -0.2) is 19.2 Å². The minimum atomic E-state index is -1.03. The van der Waals surface area contributed by atoms with E-state index in [0.717, 1.165) is 33.0 Å².